The molecule has 2 aromatic rings. The molecule has 0 aliphatic heterocycles. The molecule has 0 aliphatic carbocycles. The van der Waals surface area contributed by atoms with Gasteiger partial charge in [0.1, 0.15) is 6.10 Å². The quantitative estimate of drug-likeness (QED) is 0.854. The Balaban J connectivity index is 2.43. The van der Waals surface area contributed by atoms with Crippen molar-refractivity contribution in [3.05, 3.63) is 55.7 Å². The lowest BCUT2D eigenvalue weighted by Crippen LogP contribution is -2.00. The standard InChI is InChI=1S/C14H15ClOS/c1-8-4-11(7-12(15)5-8)14(16)13-6-9(2)17-10(13)3/h4-7,14,16H,1-3H3. The van der Waals surface area contributed by atoms with Gasteiger partial charge in [-0.3, -0.25) is 0 Å². The van der Waals surface area contributed by atoms with Crippen molar-refractivity contribution in [2.24, 2.45) is 0 Å². The molecule has 2 rings (SSSR count). The molecule has 0 aliphatic rings. The van der Waals surface area contributed by atoms with Gasteiger partial charge < -0.3 is 5.11 Å². The Hall–Kier alpha value is -0.830. The second-order valence-corrected chi connectivity index (χ2v) is 6.23. The number of benzene rings is 1. The molecule has 1 aromatic heterocycles. The van der Waals surface area contributed by atoms with Crippen LogP contribution in [0.2, 0.25) is 5.02 Å². The van der Waals surface area contributed by atoms with Crippen LogP contribution in [0, 0.1) is 20.8 Å². The average molecular weight is 267 g/mol. The van der Waals surface area contributed by atoms with Gasteiger partial charge in [0, 0.05) is 14.8 Å². The van der Waals surface area contributed by atoms with Gasteiger partial charge >= 0.3 is 0 Å². The topological polar surface area (TPSA) is 20.2 Å². The van der Waals surface area contributed by atoms with Crippen LogP contribution in [0.1, 0.15) is 32.5 Å². The van der Waals surface area contributed by atoms with Gasteiger partial charge in [-0.05, 0) is 55.7 Å². The largest absolute Gasteiger partial charge is 0.384 e. The molecule has 17 heavy (non-hydrogen) atoms. The number of rotatable bonds is 2. The molecule has 1 heterocycles. The number of hydrogen-bond donors (Lipinski definition) is 1. The van der Waals surface area contributed by atoms with Crippen molar-refractivity contribution in [2.75, 3.05) is 0 Å². The van der Waals surface area contributed by atoms with Crippen molar-refractivity contribution in [3.8, 4) is 0 Å². The maximum atomic E-state index is 10.4. The van der Waals surface area contributed by atoms with Crippen LogP contribution in [0.4, 0.5) is 0 Å². The Morgan fingerprint density at radius 1 is 1.12 bits per heavy atom. The highest BCUT2D eigenvalue weighted by atomic mass is 35.5. The van der Waals surface area contributed by atoms with Gasteiger partial charge in [0.05, 0.1) is 0 Å². The third kappa shape index (κ3) is 2.71. The minimum atomic E-state index is -0.586. The van der Waals surface area contributed by atoms with Crippen LogP contribution in [0.5, 0.6) is 0 Å². The van der Waals surface area contributed by atoms with Crippen molar-refractivity contribution in [2.45, 2.75) is 26.9 Å². The number of aliphatic hydroxyl groups is 1. The molecule has 0 bridgehead atoms. The number of halogens is 1. The van der Waals surface area contributed by atoms with Crippen LogP contribution < -0.4 is 0 Å². The molecule has 90 valence electrons. The minimum Gasteiger partial charge on any atom is -0.384 e. The fraction of sp³-hybridized carbons (Fsp3) is 0.286. The second-order valence-electron chi connectivity index (χ2n) is 4.33. The average Bonchev–Trinajstić information content (AvgIpc) is 2.55. The molecule has 0 fully saturated rings. The molecule has 0 spiro atoms. The van der Waals surface area contributed by atoms with Gasteiger partial charge in [-0.25, -0.2) is 0 Å². The van der Waals surface area contributed by atoms with Crippen LogP contribution in [0.3, 0.4) is 0 Å². The summed E-state index contributed by atoms with van der Waals surface area (Å²) < 4.78 is 0. The fourth-order valence-corrected chi connectivity index (χ4v) is 3.28. The normalized spacial score (nSPS) is 12.8. The van der Waals surface area contributed by atoms with Crippen molar-refractivity contribution in [1.29, 1.82) is 0 Å². The van der Waals surface area contributed by atoms with E-state index >= 15 is 0 Å². The van der Waals surface area contributed by atoms with Crippen molar-refractivity contribution in [1.82, 2.24) is 0 Å². The number of hydrogen-bond acceptors (Lipinski definition) is 2. The van der Waals surface area contributed by atoms with Gasteiger partial charge in [-0.1, -0.05) is 17.7 Å². The summed E-state index contributed by atoms with van der Waals surface area (Å²) in [5, 5.41) is 11.1. The Kier molecular flexibility index (Phi) is 3.57. The van der Waals surface area contributed by atoms with E-state index in [1.807, 2.05) is 38.1 Å². The Morgan fingerprint density at radius 2 is 1.82 bits per heavy atom. The third-order valence-corrected chi connectivity index (χ3v) is 3.95. The molecule has 0 saturated carbocycles. The van der Waals surface area contributed by atoms with Crippen molar-refractivity contribution >= 4 is 22.9 Å². The zero-order valence-electron chi connectivity index (χ0n) is 10.1. The first-order chi connectivity index (χ1) is 7.97. The summed E-state index contributed by atoms with van der Waals surface area (Å²) in [7, 11) is 0. The summed E-state index contributed by atoms with van der Waals surface area (Å²) >= 11 is 7.73. The van der Waals surface area contributed by atoms with E-state index in [1.165, 1.54) is 4.88 Å². The van der Waals surface area contributed by atoms with Crippen LogP contribution in [0.15, 0.2) is 24.3 Å². The number of aliphatic hydroxyl groups excluding tert-OH is 1. The first-order valence-electron chi connectivity index (χ1n) is 5.49. The predicted molar refractivity (Wildman–Crippen MR) is 74.0 cm³/mol. The van der Waals surface area contributed by atoms with E-state index in [0.29, 0.717) is 5.02 Å². The van der Waals surface area contributed by atoms with Crippen LogP contribution in [0.25, 0.3) is 0 Å². The molecule has 0 radical (unpaired) electrons. The number of aryl methyl sites for hydroxylation is 3. The van der Waals surface area contributed by atoms with Crippen LogP contribution in [-0.4, -0.2) is 5.11 Å². The zero-order chi connectivity index (χ0) is 12.6. The van der Waals surface area contributed by atoms with Gasteiger partial charge in [-0.2, -0.15) is 0 Å². The molecule has 1 atom stereocenters. The second kappa shape index (κ2) is 4.81. The first kappa shape index (κ1) is 12.6. The van der Waals surface area contributed by atoms with Gasteiger partial charge in [-0.15, -0.1) is 11.3 Å². The Bertz CT molecular complexity index is 525. The Labute approximate surface area is 111 Å². The highest BCUT2D eigenvalue weighted by molar-refractivity contribution is 7.12. The molecular formula is C14H15ClOS. The van der Waals surface area contributed by atoms with Crippen molar-refractivity contribution in [3.63, 3.8) is 0 Å². The smallest absolute Gasteiger partial charge is 0.105 e. The van der Waals surface area contributed by atoms with Crippen molar-refractivity contribution < 1.29 is 5.11 Å². The lowest BCUT2D eigenvalue weighted by atomic mass is 10.0. The molecule has 3 heteroatoms. The predicted octanol–water partition coefficient (Wildman–Crippen LogP) is 4.41. The molecule has 1 N–H and O–H groups in total. The van der Waals surface area contributed by atoms with E-state index in [2.05, 4.69) is 6.92 Å². The van der Waals surface area contributed by atoms with Crippen LogP contribution in [-0.2, 0) is 0 Å². The molecule has 0 saturated heterocycles. The van der Waals surface area contributed by atoms with E-state index in [1.54, 1.807) is 11.3 Å². The summed E-state index contributed by atoms with van der Waals surface area (Å²) in [5.74, 6) is 0. The minimum absolute atomic E-state index is 0.586. The van der Waals surface area contributed by atoms with E-state index in [-0.39, 0.29) is 0 Å². The molecule has 1 nitrogen and oxygen atoms in total. The van der Waals surface area contributed by atoms with Gasteiger partial charge in [0.15, 0.2) is 0 Å². The maximum Gasteiger partial charge on any atom is 0.105 e. The fourth-order valence-electron chi connectivity index (χ4n) is 2.02. The lowest BCUT2D eigenvalue weighted by Gasteiger charge is -2.12. The van der Waals surface area contributed by atoms with E-state index in [4.69, 9.17) is 11.6 Å². The highest BCUT2D eigenvalue weighted by Gasteiger charge is 2.15. The monoisotopic (exact) mass is 266 g/mol. The Morgan fingerprint density at radius 3 is 2.35 bits per heavy atom. The summed E-state index contributed by atoms with van der Waals surface area (Å²) in [4.78, 5) is 2.38. The lowest BCUT2D eigenvalue weighted by molar-refractivity contribution is 0.220. The zero-order valence-corrected chi connectivity index (χ0v) is 11.7. The first-order valence-corrected chi connectivity index (χ1v) is 6.69. The SMILES string of the molecule is Cc1cc(Cl)cc(C(O)c2cc(C)sc2C)c1. The molecule has 1 unspecified atom stereocenters. The third-order valence-electron chi connectivity index (χ3n) is 2.75. The number of thiophene rings is 1. The summed E-state index contributed by atoms with van der Waals surface area (Å²) in [6.07, 6.45) is -0.586. The summed E-state index contributed by atoms with van der Waals surface area (Å²) in [6, 6.07) is 7.74. The van der Waals surface area contributed by atoms with Gasteiger partial charge in [0.25, 0.3) is 0 Å². The maximum absolute atomic E-state index is 10.4. The van der Waals surface area contributed by atoms with Gasteiger partial charge in [0.2, 0.25) is 0 Å². The summed E-state index contributed by atoms with van der Waals surface area (Å²) in [6.45, 7) is 6.07. The van der Waals surface area contributed by atoms with E-state index in [9.17, 15) is 5.11 Å². The van der Waals surface area contributed by atoms with E-state index < -0.39 is 6.10 Å². The highest BCUT2D eigenvalue weighted by Crippen LogP contribution is 2.31. The summed E-state index contributed by atoms with van der Waals surface area (Å²) in [5.41, 5.74) is 2.90. The molecule has 1 aromatic carbocycles. The van der Waals surface area contributed by atoms with E-state index in [0.717, 1.165) is 21.6 Å². The van der Waals surface area contributed by atoms with Crippen LogP contribution >= 0.6 is 22.9 Å². The molecular weight excluding hydrogens is 252 g/mol. The molecule has 0 amide bonds.